The molecule has 2 rings (SSSR count). The molecule has 1 fully saturated rings. The summed E-state index contributed by atoms with van der Waals surface area (Å²) in [6.45, 7) is 11.7. The van der Waals surface area contributed by atoms with Crippen molar-refractivity contribution in [2.75, 3.05) is 26.7 Å². The van der Waals surface area contributed by atoms with Crippen LogP contribution in [-0.2, 0) is 4.74 Å². The van der Waals surface area contributed by atoms with E-state index in [0.29, 0.717) is 6.04 Å². The van der Waals surface area contributed by atoms with E-state index in [9.17, 15) is 0 Å². The van der Waals surface area contributed by atoms with Gasteiger partial charge in [-0.25, -0.2) is 0 Å². The highest BCUT2D eigenvalue weighted by atomic mass is 16.5. The van der Waals surface area contributed by atoms with Crippen LogP contribution in [0, 0.1) is 0 Å². The van der Waals surface area contributed by atoms with Crippen molar-refractivity contribution >= 4 is 0 Å². The first-order valence-corrected chi connectivity index (χ1v) is 7.46. The maximum atomic E-state index is 6.15. The molecule has 0 aliphatic carbocycles. The van der Waals surface area contributed by atoms with Gasteiger partial charge in [-0.05, 0) is 40.3 Å². The minimum absolute atomic E-state index is 0.0866. The van der Waals surface area contributed by atoms with Gasteiger partial charge in [-0.2, -0.15) is 0 Å². The molecule has 1 unspecified atom stereocenters. The summed E-state index contributed by atoms with van der Waals surface area (Å²) < 4.78 is 6.15. The second kappa shape index (κ2) is 5.84. The Hall–Kier alpha value is -0.900. The monoisotopic (exact) mass is 276 g/mol. The maximum Gasteiger partial charge on any atom is 0.0760 e. The molecule has 1 heterocycles. The second-order valence-corrected chi connectivity index (χ2v) is 7.04. The molecule has 1 aliphatic heterocycles. The summed E-state index contributed by atoms with van der Waals surface area (Å²) in [6, 6.07) is 11.0. The van der Waals surface area contributed by atoms with E-state index in [0.717, 1.165) is 19.6 Å². The van der Waals surface area contributed by atoms with Crippen LogP contribution in [0.15, 0.2) is 30.3 Å². The Kier molecular flexibility index (Phi) is 4.52. The van der Waals surface area contributed by atoms with Gasteiger partial charge in [0.2, 0.25) is 0 Å². The van der Waals surface area contributed by atoms with Crippen molar-refractivity contribution in [1.82, 2.24) is 10.2 Å². The third kappa shape index (κ3) is 4.05. The van der Waals surface area contributed by atoms with Crippen molar-refractivity contribution in [2.24, 2.45) is 0 Å². The zero-order valence-corrected chi connectivity index (χ0v) is 13.4. The number of likely N-dealkylation sites (N-methyl/N-ethyl adjacent to an activating group) is 1. The molecule has 1 saturated heterocycles. The SMILES string of the molecule is CNC(CN1CC(C)(C)OC(C)(C)C1)c1ccccc1. The first kappa shape index (κ1) is 15.5. The topological polar surface area (TPSA) is 24.5 Å². The number of hydrogen-bond donors (Lipinski definition) is 1. The number of nitrogens with zero attached hydrogens (tertiary/aromatic N) is 1. The van der Waals surface area contributed by atoms with Crippen molar-refractivity contribution in [2.45, 2.75) is 44.9 Å². The fourth-order valence-electron chi connectivity index (χ4n) is 3.38. The zero-order valence-electron chi connectivity index (χ0n) is 13.4. The minimum Gasteiger partial charge on any atom is -0.367 e. The summed E-state index contributed by atoms with van der Waals surface area (Å²) in [5.74, 6) is 0. The Morgan fingerprint density at radius 3 is 2.15 bits per heavy atom. The Bertz CT molecular complexity index is 412. The number of rotatable bonds is 4. The van der Waals surface area contributed by atoms with Crippen molar-refractivity contribution in [3.8, 4) is 0 Å². The molecule has 0 aromatic heterocycles. The lowest BCUT2D eigenvalue weighted by Crippen LogP contribution is -2.58. The molecule has 1 atom stereocenters. The van der Waals surface area contributed by atoms with E-state index >= 15 is 0 Å². The van der Waals surface area contributed by atoms with Crippen LogP contribution in [-0.4, -0.2) is 42.8 Å². The Morgan fingerprint density at radius 2 is 1.65 bits per heavy atom. The van der Waals surface area contributed by atoms with Crippen LogP contribution in [0.1, 0.15) is 39.3 Å². The summed E-state index contributed by atoms with van der Waals surface area (Å²) in [6.07, 6.45) is 0. The highest BCUT2D eigenvalue weighted by molar-refractivity contribution is 5.19. The number of benzene rings is 1. The van der Waals surface area contributed by atoms with Crippen molar-refractivity contribution in [3.63, 3.8) is 0 Å². The van der Waals surface area contributed by atoms with E-state index < -0.39 is 0 Å². The molecular weight excluding hydrogens is 248 g/mol. The standard InChI is InChI=1S/C17H28N2O/c1-16(2)12-19(13-17(3,4)20-16)11-15(18-5)14-9-7-6-8-10-14/h6-10,15,18H,11-13H2,1-5H3. The van der Waals surface area contributed by atoms with E-state index in [-0.39, 0.29) is 11.2 Å². The third-order valence-corrected chi connectivity index (χ3v) is 3.75. The average Bonchev–Trinajstić information content (AvgIpc) is 2.33. The summed E-state index contributed by atoms with van der Waals surface area (Å²) in [5.41, 5.74) is 1.17. The van der Waals surface area contributed by atoms with Gasteiger partial charge in [0.15, 0.2) is 0 Å². The van der Waals surface area contributed by atoms with Gasteiger partial charge in [0, 0.05) is 25.7 Å². The average molecular weight is 276 g/mol. The Morgan fingerprint density at radius 1 is 1.10 bits per heavy atom. The van der Waals surface area contributed by atoms with Crippen molar-refractivity contribution < 1.29 is 4.74 Å². The molecule has 1 aromatic rings. The highest BCUT2D eigenvalue weighted by Crippen LogP contribution is 2.29. The van der Waals surface area contributed by atoms with E-state index in [4.69, 9.17) is 4.74 Å². The quantitative estimate of drug-likeness (QED) is 0.915. The molecule has 0 saturated carbocycles. The molecule has 20 heavy (non-hydrogen) atoms. The normalized spacial score (nSPS) is 23.4. The van der Waals surface area contributed by atoms with E-state index in [1.807, 2.05) is 7.05 Å². The summed E-state index contributed by atoms with van der Waals surface area (Å²) in [4.78, 5) is 2.51. The minimum atomic E-state index is -0.0866. The van der Waals surface area contributed by atoms with Gasteiger partial charge in [-0.1, -0.05) is 30.3 Å². The van der Waals surface area contributed by atoms with Gasteiger partial charge >= 0.3 is 0 Å². The molecule has 112 valence electrons. The fraction of sp³-hybridized carbons (Fsp3) is 0.647. The molecule has 3 nitrogen and oxygen atoms in total. The van der Waals surface area contributed by atoms with Crippen LogP contribution in [0.3, 0.4) is 0 Å². The summed E-state index contributed by atoms with van der Waals surface area (Å²) in [5, 5.41) is 3.44. The van der Waals surface area contributed by atoms with Crippen LogP contribution in [0.2, 0.25) is 0 Å². The van der Waals surface area contributed by atoms with E-state index in [2.05, 4.69) is 68.2 Å². The predicted molar refractivity (Wildman–Crippen MR) is 83.9 cm³/mol. The van der Waals surface area contributed by atoms with Gasteiger partial charge < -0.3 is 10.1 Å². The highest BCUT2D eigenvalue weighted by Gasteiger charge is 2.38. The molecule has 0 bridgehead atoms. The zero-order chi connectivity index (χ0) is 14.8. The van der Waals surface area contributed by atoms with Gasteiger partial charge in [-0.3, -0.25) is 4.90 Å². The summed E-state index contributed by atoms with van der Waals surface area (Å²) >= 11 is 0. The van der Waals surface area contributed by atoms with E-state index in [1.165, 1.54) is 5.56 Å². The fourth-order valence-corrected chi connectivity index (χ4v) is 3.38. The lowest BCUT2D eigenvalue weighted by atomic mass is 9.97. The number of nitrogens with one attached hydrogen (secondary N) is 1. The van der Waals surface area contributed by atoms with Crippen LogP contribution in [0.5, 0.6) is 0 Å². The van der Waals surface area contributed by atoms with Crippen molar-refractivity contribution in [1.29, 1.82) is 0 Å². The van der Waals surface area contributed by atoms with Crippen molar-refractivity contribution in [3.05, 3.63) is 35.9 Å². The number of morpholine rings is 1. The Labute approximate surface area is 123 Å². The van der Waals surface area contributed by atoms with Crippen LogP contribution in [0.4, 0.5) is 0 Å². The lowest BCUT2D eigenvalue weighted by Gasteiger charge is -2.48. The largest absolute Gasteiger partial charge is 0.367 e. The third-order valence-electron chi connectivity index (χ3n) is 3.75. The van der Waals surface area contributed by atoms with Gasteiger partial charge in [-0.15, -0.1) is 0 Å². The van der Waals surface area contributed by atoms with Gasteiger partial charge in [0.1, 0.15) is 0 Å². The molecule has 1 N–H and O–H groups in total. The smallest absolute Gasteiger partial charge is 0.0760 e. The number of ether oxygens (including phenoxy) is 1. The molecule has 0 radical (unpaired) electrons. The Balaban J connectivity index is 2.08. The van der Waals surface area contributed by atoms with Gasteiger partial charge in [0.05, 0.1) is 11.2 Å². The van der Waals surface area contributed by atoms with Gasteiger partial charge in [0.25, 0.3) is 0 Å². The van der Waals surface area contributed by atoms with Crippen LogP contribution >= 0.6 is 0 Å². The molecule has 1 aromatic carbocycles. The second-order valence-electron chi connectivity index (χ2n) is 7.04. The molecule has 0 spiro atoms. The lowest BCUT2D eigenvalue weighted by molar-refractivity contribution is -0.181. The molecule has 0 amide bonds. The first-order valence-electron chi connectivity index (χ1n) is 7.46. The number of hydrogen-bond acceptors (Lipinski definition) is 3. The molecular formula is C17H28N2O. The van der Waals surface area contributed by atoms with Crippen LogP contribution in [0.25, 0.3) is 0 Å². The molecule has 1 aliphatic rings. The summed E-state index contributed by atoms with van der Waals surface area (Å²) in [7, 11) is 2.04. The predicted octanol–water partition coefficient (Wildman–Crippen LogP) is 2.84. The van der Waals surface area contributed by atoms with Crippen LogP contribution < -0.4 is 5.32 Å². The van der Waals surface area contributed by atoms with E-state index in [1.54, 1.807) is 0 Å². The molecule has 3 heteroatoms. The first-order chi connectivity index (χ1) is 9.31. The maximum absolute atomic E-state index is 6.15.